The first-order valence-corrected chi connectivity index (χ1v) is 9.83. The number of hydrogen-bond donors (Lipinski definition) is 2. The summed E-state index contributed by atoms with van der Waals surface area (Å²) in [4.78, 5) is 12.4. The van der Waals surface area contributed by atoms with Gasteiger partial charge in [-0.25, -0.2) is 8.42 Å². The largest absolute Gasteiger partial charge is 0.351 e. The summed E-state index contributed by atoms with van der Waals surface area (Å²) in [5.41, 5.74) is 0.966. The van der Waals surface area contributed by atoms with Crippen molar-refractivity contribution in [3.63, 3.8) is 0 Å². The Kier molecular flexibility index (Phi) is 6.67. The zero-order chi connectivity index (χ0) is 14.8. The minimum absolute atomic E-state index is 0. The fourth-order valence-corrected chi connectivity index (χ4v) is 4.94. The molecule has 0 unspecified atom stereocenters. The minimum atomic E-state index is -3.44. The van der Waals surface area contributed by atoms with E-state index in [9.17, 15) is 13.2 Å². The maximum atomic E-state index is 12.4. The Morgan fingerprint density at radius 3 is 2.57 bits per heavy atom. The van der Waals surface area contributed by atoms with Crippen molar-refractivity contribution in [1.82, 2.24) is 10.6 Å². The van der Waals surface area contributed by atoms with Crippen molar-refractivity contribution < 1.29 is 13.2 Å². The first-order valence-electron chi connectivity index (χ1n) is 6.27. The summed E-state index contributed by atoms with van der Waals surface area (Å²) in [5.74, 6) is -0.385. The van der Waals surface area contributed by atoms with Gasteiger partial charge >= 0.3 is 0 Å². The standard InChI is InChI=1S/C12H17BrN2O3S2.ClH/c1-20(17,18)12(2-4-14-5-3-12)11(16)15-7-9-6-10(13)19-8-9;/h6,8,14H,2-5,7H2,1H3,(H,15,16);1H. The summed E-state index contributed by atoms with van der Waals surface area (Å²) in [6.45, 7) is 1.45. The maximum absolute atomic E-state index is 12.4. The van der Waals surface area contributed by atoms with Crippen LogP contribution in [0.15, 0.2) is 15.2 Å². The van der Waals surface area contributed by atoms with Gasteiger partial charge in [0.15, 0.2) is 14.6 Å². The Hall–Kier alpha value is -0.150. The van der Waals surface area contributed by atoms with Gasteiger partial charge in [0.1, 0.15) is 0 Å². The summed E-state index contributed by atoms with van der Waals surface area (Å²) >= 11 is 4.89. The quantitative estimate of drug-likeness (QED) is 0.782. The molecule has 9 heteroatoms. The fourth-order valence-electron chi connectivity index (χ4n) is 2.38. The zero-order valence-corrected chi connectivity index (χ0v) is 15.6. The Morgan fingerprint density at radius 1 is 1.48 bits per heavy atom. The average Bonchev–Trinajstić information content (AvgIpc) is 2.81. The predicted octanol–water partition coefficient (Wildman–Crippen LogP) is 1.72. The molecule has 1 saturated heterocycles. The van der Waals surface area contributed by atoms with Gasteiger partial charge in [-0.1, -0.05) is 0 Å². The molecule has 0 bridgehead atoms. The van der Waals surface area contributed by atoms with Gasteiger partial charge < -0.3 is 10.6 Å². The second-order valence-corrected chi connectivity index (χ2v) is 9.57. The molecule has 1 fully saturated rings. The summed E-state index contributed by atoms with van der Waals surface area (Å²) in [6.07, 6.45) is 1.80. The van der Waals surface area contributed by atoms with Crippen molar-refractivity contribution >= 4 is 55.4 Å². The first kappa shape index (κ1) is 18.9. The molecule has 120 valence electrons. The predicted molar refractivity (Wildman–Crippen MR) is 90.8 cm³/mol. The van der Waals surface area contributed by atoms with Crippen molar-refractivity contribution in [3.05, 3.63) is 20.8 Å². The number of carbonyl (C=O) groups excluding carboxylic acids is 1. The number of rotatable bonds is 4. The molecule has 1 aliphatic heterocycles. The Morgan fingerprint density at radius 2 is 2.10 bits per heavy atom. The van der Waals surface area contributed by atoms with Gasteiger partial charge in [-0.3, -0.25) is 4.79 Å². The highest BCUT2D eigenvalue weighted by Gasteiger charge is 2.48. The van der Waals surface area contributed by atoms with Crippen molar-refractivity contribution in [3.8, 4) is 0 Å². The van der Waals surface area contributed by atoms with Gasteiger partial charge in [-0.15, -0.1) is 23.7 Å². The molecule has 1 amide bonds. The van der Waals surface area contributed by atoms with Crippen molar-refractivity contribution in [1.29, 1.82) is 0 Å². The molecule has 1 aliphatic rings. The lowest BCUT2D eigenvalue weighted by atomic mass is 9.96. The van der Waals surface area contributed by atoms with E-state index in [1.807, 2.05) is 11.4 Å². The molecule has 1 aromatic heterocycles. The SMILES string of the molecule is CS(=O)(=O)C1(C(=O)NCc2csc(Br)c2)CCNCC1.Cl. The summed E-state index contributed by atoms with van der Waals surface area (Å²) < 4.78 is 23.8. The molecule has 5 nitrogen and oxygen atoms in total. The second-order valence-electron chi connectivity index (χ2n) is 4.96. The van der Waals surface area contributed by atoms with Gasteiger partial charge in [-0.2, -0.15) is 0 Å². The van der Waals surface area contributed by atoms with Gasteiger partial charge in [-0.05, 0) is 58.9 Å². The molecule has 2 heterocycles. The lowest BCUT2D eigenvalue weighted by molar-refractivity contribution is -0.124. The van der Waals surface area contributed by atoms with Crippen molar-refractivity contribution in [2.24, 2.45) is 0 Å². The third-order valence-electron chi connectivity index (χ3n) is 3.61. The second kappa shape index (κ2) is 7.41. The van der Waals surface area contributed by atoms with E-state index in [0.717, 1.165) is 15.6 Å². The number of sulfone groups is 1. The maximum Gasteiger partial charge on any atom is 0.241 e. The van der Waals surface area contributed by atoms with E-state index in [4.69, 9.17) is 0 Å². The normalized spacial score (nSPS) is 17.8. The van der Waals surface area contributed by atoms with E-state index in [-0.39, 0.29) is 18.3 Å². The van der Waals surface area contributed by atoms with E-state index < -0.39 is 14.6 Å². The number of carbonyl (C=O) groups is 1. The molecule has 1 aromatic rings. The molecule has 0 saturated carbocycles. The molecule has 0 atom stereocenters. The number of hydrogen-bond acceptors (Lipinski definition) is 5. The van der Waals surface area contributed by atoms with Crippen LogP contribution in [0.4, 0.5) is 0 Å². The van der Waals surface area contributed by atoms with Crippen LogP contribution in [0.1, 0.15) is 18.4 Å². The van der Waals surface area contributed by atoms with Gasteiger partial charge in [0.2, 0.25) is 5.91 Å². The van der Waals surface area contributed by atoms with E-state index >= 15 is 0 Å². The highest BCUT2D eigenvalue weighted by Crippen LogP contribution is 2.28. The lowest BCUT2D eigenvalue weighted by Gasteiger charge is -2.34. The minimum Gasteiger partial charge on any atom is -0.351 e. The number of halogens is 2. The highest BCUT2D eigenvalue weighted by atomic mass is 79.9. The molecule has 0 spiro atoms. The summed E-state index contributed by atoms with van der Waals surface area (Å²) in [7, 11) is -3.44. The van der Waals surface area contributed by atoms with Crippen LogP contribution in [-0.2, 0) is 21.2 Å². The summed E-state index contributed by atoms with van der Waals surface area (Å²) in [6, 6.07) is 1.92. The fraction of sp³-hybridized carbons (Fsp3) is 0.583. The van der Waals surface area contributed by atoms with E-state index in [2.05, 4.69) is 26.6 Å². The molecule has 2 N–H and O–H groups in total. The monoisotopic (exact) mass is 416 g/mol. The lowest BCUT2D eigenvalue weighted by Crippen LogP contribution is -2.57. The van der Waals surface area contributed by atoms with Crippen molar-refractivity contribution in [2.45, 2.75) is 24.1 Å². The number of thiophene rings is 1. The summed E-state index contributed by atoms with van der Waals surface area (Å²) in [5, 5.41) is 7.79. The third-order valence-corrected chi connectivity index (χ3v) is 7.18. The highest BCUT2D eigenvalue weighted by molar-refractivity contribution is 9.11. The number of nitrogens with one attached hydrogen (secondary N) is 2. The Bertz CT molecular complexity index is 597. The molecule has 0 radical (unpaired) electrons. The first-order chi connectivity index (χ1) is 9.35. The zero-order valence-electron chi connectivity index (χ0n) is 11.5. The van der Waals surface area contributed by atoms with Crippen LogP contribution in [0.5, 0.6) is 0 Å². The molecule has 0 aromatic carbocycles. The third kappa shape index (κ3) is 4.19. The van der Waals surface area contributed by atoms with E-state index in [1.54, 1.807) is 0 Å². The number of amides is 1. The smallest absolute Gasteiger partial charge is 0.241 e. The molecule has 0 aliphatic carbocycles. The number of piperidine rings is 1. The van der Waals surface area contributed by atoms with E-state index in [0.29, 0.717) is 32.5 Å². The van der Waals surface area contributed by atoms with Crippen LogP contribution in [0.25, 0.3) is 0 Å². The average molecular weight is 418 g/mol. The van der Waals surface area contributed by atoms with Crippen LogP contribution < -0.4 is 10.6 Å². The van der Waals surface area contributed by atoms with E-state index in [1.165, 1.54) is 11.3 Å². The van der Waals surface area contributed by atoms with Gasteiger partial charge in [0, 0.05) is 12.8 Å². The Balaban J connectivity index is 0.00000220. The molecule has 21 heavy (non-hydrogen) atoms. The van der Waals surface area contributed by atoms with Crippen LogP contribution in [0.2, 0.25) is 0 Å². The Labute approximate surface area is 143 Å². The molecule has 2 rings (SSSR count). The van der Waals surface area contributed by atoms with Crippen molar-refractivity contribution in [2.75, 3.05) is 19.3 Å². The van der Waals surface area contributed by atoms with Crippen LogP contribution in [0.3, 0.4) is 0 Å². The topological polar surface area (TPSA) is 75.3 Å². The van der Waals surface area contributed by atoms with Crippen LogP contribution in [-0.4, -0.2) is 38.4 Å². The molecular weight excluding hydrogens is 400 g/mol. The van der Waals surface area contributed by atoms with Crippen LogP contribution in [0, 0.1) is 0 Å². The van der Waals surface area contributed by atoms with Gasteiger partial charge in [0.05, 0.1) is 3.79 Å². The van der Waals surface area contributed by atoms with Gasteiger partial charge in [0.25, 0.3) is 0 Å². The van der Waals surface area contributed by atoms with Crippen LogP contribution >= 0.6 is 39.7 Å². The molecular formula is C12H18BrClN2O3S2.